The average Bonchev–Trinajstić information content (AvgIpc) is 3.33. The van der Waals surface area contributed by atoms with Gasteiger partial charge in [0.05, 0.1) is 23.3 Å². The number of thioether (sulfide) groups is 1. The van der Waals surface area contributed by atoms with E-state index in [-0.39, 0.29) is 18.0 Å². The zero-order valence-electron chi connectivity index (χ0n) is 16.5. The molecule has 0 aliphatic carbocycles. The van der Waals surface area contributed by atoms with Crippen molar-refractivity contribution in [2.75, 3.05) is 11.9 Å². The van der Waals surface area contributed by atoms with Gasteiger partial charge in [-0.1, -0.05) is 37.0 Å². The molecule has 3 aromatic heterocycles. The topological polar surface area (TPSA) is 79.9 Å². The van der Waals surface area contributed by atoms with Gasteiger partial charge in [-0.15, -0.1) is 0 Å². The predicted octanol–water partition coefficient (Wildman–Crippen LogP) is 3.82. The van der Waals surface area contributed by atoms with E-state index in [0.717, 1.165) is 12.0 Å². The summed E-state index contributed by atoms with van der Waals surface area (Å²) in [6.07, 6.45) is 5.70. The zero-order valence-corrected chi connectivity index (χ0v) is 18.2. The minimum Gasteiger partial charge on any atom is -0.467 e. The van der Waals surface area contributed by atoms with E-state index in [2.05, 4.69) is 10.3 Å². The summed E-state index contributed by atoms with van der Waals surface area (Å²) >= 11 is 6.56. The van der Waals surface area contributed by atoms with Crippen LogP contribution in [0.3, 0.4) is 0 Å². The first-order valence-corrected chi connectivity index (χ1v) is 10.8. The van der Waals surface area contributed by atoms with E-state index >= 15 is 0 Å². The lowest BCUT2D eigenvalue weighted by Crippen LogP contribution is -2.27. The van der Waals surface area contributed by atoms with E-state index in [1.165, 1.54) is 21.1 Å². The van der Waals surface area contributed by atoms with E-state index in [1.54, 1.807) is 36.7 Å². The number of furan rings is 1. The molecule has 0 atom stereocenters. The van der Waals surface area contributed by atoms with Gasteiger partial charge >= 0.3 is 0 Å². The summed E-state index contributed by atoms with van der Waals surface area (Å²) in [4.78, 5) is 32.7. The number of nitrogens with one attached hydrogen (secondary N) is 1. The van der Waals surface area contributed by atoms with Gasteiger partial charge in [0.25, 0.3) is 11.5 Å². The second-order valence-corrected chi connectivity index (χ2v) is 8.51. The van der Waals surface area contributed by atoms with E-state index in [1.807, 2.05) is 19.9 Å². The number of fused-ring (bicyclic) bond motifs is 1. The van der Waals surface area contributed by atoms with Crippen LogP contribution in [0.5, 0.6) is 0 Å². The second kappa shape index (κ2) is 8.45. The molecule has 154 valence electrons. The summed E-state index contributed by atoms with van der Waals surface area (Å²) in [5.41, 5.74) is 1.58. The van der Waals surface area contributed by atoms with Gasteiger partial charge in [-0.3, -0.25) is 18.9 Å². The van der Waals surface area contributed by atoms with Crippen molar-refractivity contribution in [2.45, 2.75) is 26.8 Å². The summed E-state index contributed by atoms with van der Waals surface area (Å²) in [5.74, 6) is 0.852. The Morgan fingerprint density at radius 3 is 2.87 bits per heavy atom. The van der Waals surface area contributed by atoms with Gasteiger partial charge in [-0.2, -0.15) is 0 Å². The SMILES string of the molecule is CCCNc1nc2c(C)cccn2c(=O)c1/C=C1/SC(=S)N(Cc2ccco2)C1=O. The smallest absolute Gasteiger partial charge is 0.267 e. The largest absolute Gasteiger partial charge is 0.467 e. The van der Waals surface area contributed by atoms with Gasteiger partial charge in [-0.25, -0.2) is 4.98 Å². The lowest BCUT2D eigenvalue weighted by molar-refractivity contribution is -0.122. The van der Waals surface area contributed by atoms with Gasteiger partial charge in [0.2, 0.25) is 0 Å². The maximum Gasteiger partial charge on any atom is 0.267 e. The molecule has 1 N–H and O–H groups in total. The molecule has 0 radical (unpaired) electrons. The molecule has 0 bridgehead atoms. The first kappa shape index (κ1) is 20.4. The molecular formula is C21H20N4O3S2. The van der Waals surface area contributed by atoms with Crippen LogP contribution in [-0.4, -0.2) is 31.1 Å². The highest BCUT2D eigenvalue weighted by Gasteiger charge is 2.33. The fourth-order valence-electron chi connectivity index (χ4n) is 3.15. The van der Waals surface area contributed by atoms with Crippen LogP contribution in [0.4, 0.5) is 5.82 Å². The molecule has 0 unspecified atom stereocenters. The standard InChI is InChI=1S/C21H20N4O3S2/c1-3-8-22-17-15(19(26)24-9-4-6-13(2)18(24)23-17)11-16-20(27)25(21(29)30-16)12-14-7-5-10-28-14/h4-7,9-11,22H,3,8,12H2,1-2H3/b16-11+. The summed E-state index contributed by atoms with van der Waals surface area (Å²) in [6.45, 7) is 4.86. The Morgan fingerprint density at radius 1 is 1.30 bits per heavy atom. The van der Waals surface area contributed by atoms with Crippen LogP contribution >= 0.6 is 24.0 Å². The maximum atomic E-state index is 13.2. The monoisotopic (exact) mass is 440 g/mol. The number of anilines is 1. The molecule has 0 spiro atoms. The van der Waals surface area contributed by atoms with Crippen molar-refractivity contribution in [3.05, 3.63) is 68.9 Å². The number of pyridine rings is 1. The Kier molecular flexibility index (Phi) is 5.74. The van der Waals surface area contributed by atoms with Crippen molar-refractivity contribution >= 4 is 51.7 Å². The van der Waals surface area contributed by atoms with Crippen LogP contribution in [0.2, 0.25) is 0 Å². The molecule has 1 saturated heterocycles. The van der Waals surface area contributed by atoms with Crippen LogP contribution < -0.4 is 10.9 Å². The van der Waals surface area contributed by atoms with E-state index in [0.29, 0.717) is 38.6 Å². The van der Waals surface area contributed by atoms with Gasteiger partial charge in [0.1, 0.15) is 21.5 Å². The van der Waals surface area contributed by atoms with Gasteiger partial charge in [0, 0.05) is 12.7 Å². The third kappa shape index (κ3) is 3.78. The van der Waals surface area contributed by atoms with Crippen LogP contribution in [0.25, 0.3) is 11.7 Å². The lowest BCUT2D eigenvalue weighted by atomic mass is 10.2. The molecule has 1 fully saturated rings. The third-order valence-corrected chi connectivity index (χ3v) is 6.05. The number of hydrogen-bond acceptors (Lipinski definition) is 7. The molecule has 1 aliphatic heterocycles. The Bertz CT molecular complexity index is 1210. The second-order valence-electron chi connectivity index (χ2n) is 6.84. The Morgan fingerprint density at radius 2 is 2.13 bits per heavy atom. The van der Waals surface area contributed by atoms with Crippen molar-refractivity contribution in [1.29, 1.82) is 0 Å². The van der Waals surface area contributed by atoms with E-state index in [9.17, 15) is 9.59 Å². The average molecular weight is 441 g/mol. The fourth-order valence-corrected chi connectivity index (χ4v) is 4.38. The number of carbonyl (C=O) groups excluding carboxylic acids is 1. The first-order valence-electron chi connectivity index (χ1n) is 9.53. The normalized spacial score (nSPS) is 15.5. The van der Waals surface area contributed by atoms with Crippen LogP contribution in [-0.2, 0) is 11.3 Å². The van der Waals surface area contributed by atoms with Gasteiger partial charge in [0.15, 0.2) is 0 Å². The van der Waals surface area contributed by atoms with E-state index < -0.39 is 0 Å². The number of hydrogen-bond donors (Lipinski definition) is 1. The maximum absolute atomic E-state index is 13.2. The highest BCUT2D eigenvalue weighted by molar-refractivity contribution is 8.26. The highest BCUT2D eigenvalue weighted by Crippen LogP contribution is 2.34. The summed E-state index contributed by atoms with van der Waals surface area (Å²) in [6, 6.07) is 7.26. The number of rotatable bonds is 6. The summed E-state index contributed by atoms with van der Waals surface area (Å²) in [5, 5.41) is 3.22. The van der Waals surface area contributed by atoms with Gasteiger partial charge in [-0.05, 0) is 43.2 Å². The van der Waals surface area contributed by atoms with Crippen molar-refractivity contribution in [1.82, 2.24) is 14.3 Å². The van der Waals surface area contributed by atoms with Crippen LogP contribution in [0.1, 0.15) is 30.2 Å². The van der Waals surface area contributed by atoms with E-state index in [4.69, 9.17) is 16.6 Å². The summed E-state index contributed by atoms with van der Waals surface area (Å²) < 4.78 is 7.26. The predicted molar refractivity (Wildman–Crippen MR) is 122 cm³/mol. The van der Waals surface area contributed by atoms with Crippen molar-refractivity contribution in [2.24, 2.45) is 0 Å². The molecule has 1 amide bonds. The molecule has 0 saturated carbocycles. The van der Waals surface area contributed by atoms with Crippen LogP contribution in [0, 0.1) is 6.92 Å². The molecule has 3 aromatic rings. The highest BCUT2D eigenvalue weighted by atomic mass is 32.2. The molecule has 0 aromatic carbocycles. The van der Waals surface area contributed by atoms with Crippen molar-refractivity contribution in [3.8, 4) is 0 Å². The minimum absolute atomic E-state index is 0.237. The number of aryl methyl sites for hydroxylation is 1. The molecular weight excluding hydrogens is 420 g/mol. The number of carbonyl (C=O) groups is 1. The van der Waals surface area contributed by atoms with Crippen molar-refractivity contribution in [3.63, 3.8) is 0 Å². The Hall–Kier alpha value is -2.91. The fraction of sp³-hybridized carbons (Fsp3) is 0.238. The molecule has 1 aliphatic rings. The minimum atomic E-state index is -0.253. The Labute approximate surface area is 182 Å². The zero-order chi connectivity index (χ0) is 21.3. The van der Waals surface area contributed by atoms with Crippen molar-refractivity contribution < 1.29 is 9.21 Å². The van der Waals surface area contributed by atoms with Gasteiger partial charge < -0.3 is 9.73 Å². The third-order valence-electron chi connectivity index (χ3n) is 4.67. The summed E-state index contributed by atoms with van der Waals surface area (Å²) in [7, 11) is 0. The quantitative estimate of drug-likeness (QED) is 0.461. The molecule has 7 nitrogen and oxygen atoms in total. The lowest BCUT2D eigenvalue weighted by Gasteiger charge is -2.12. The van der Waals surface area contributed by atoms with Crippen LogP contribution in [0.15, 0.2) is 50.8 Å². The molecule has 4 rings (SSSR count). The molecule has 9 heteroatoms. The number of nitrogens with zero attached hydrogens (tertiary/aromatic N) is 3. The number of amides is 1. The Balaban J connectivity index is 1.77. The molecule has 4 heterocycles. The number of thiocarbonyl (C=S) groups is 1. The number of aromatic nitrogens is 2. The first-order chi connectivity index (χ1) is 14.5. The molecule has 30 heavy (non-hydrogen) atoms.